The number of thiazole rings is 1. The van der Waals surface area contributed by atoms with Gasteiger partial charge in [0.1, 0.15) is 36.0 Å². The van der Waals surface area contributed by atoms with Gasteiger partial charge in [-0.05, 0) is 43.8 Å². The van der Waals surface area contributed by atoms with Gasteiger partial charge in [0.05, 0.1) is 5.69 Å². The first-order chi connectivity index (χ1) is 20.7. The number of hydrogen-bond acceptors (Lipinski definition) is 10. The minimum absolute atomic E-state index is 0.0946. The summed E-state index contributed by atoms with van der Waals surface area (Å²) in [6, 6.07) is 2.71. The van der Waals surface area contributed by atoms with Crippen LogP contribution in [0.3, 0.4) is 0 Å². The maximum absolute atomic E-state index is 13.3. The molecule has 5 heterocycles. The second-order valence-corrected chi connectivity index (χ2v) is 12.7. The number of carbonyl (C=O) groups is 4. The molecule has 6 rings (SSSR count). The van der Waals surface area contributed by atoms with Crippen LogP contribution in [0.5, 0.6) is 0 Å². The molecule has 4 aliphatic rings. The molecule has 0 radical (unpaired) electrons. The van der Waals surface area contributed by atoms with Gasteiger partial charge in [-0.25, -0.2) is 14.3 Å². The van der Waals surface area contributed by atoms with Crippen molar-refractivity contribution in [1.82, 2.24) is 15.2 Å². The minimum atomic E-state index is -1.28. The summed E-state index contributed by atoms with van der Waals surface area (Å²) in [5, 5.41) is 18.1. The molecule has 1 aliphatic carbocycles. The predicted octanol–water partition coefficient (Wildman–Crippen LogP) is 1.32. The third-order valence-electron chi connectivity index (χ3n) is 7.81. The number of nitrogens with two attached hydrogens (primary N) is 1. The summed E-state index contributed by atoms with van der Waals surface area (Å²) in [5.74, 6) is -2.47. The third kappa shape index (κ3) is 5.61. The highest BCUT2D eigenvalue weighted by Gasteiger charge is 2.54. The van der Waals surface area contributed by atoms with Gasteiger partial charge in [-0.15, -0.1) is 23.1 Å². The Kier molecular flexibility index (Phi) is 7.92. The van der Waals surface area contributed by atoms with E-state index in [2.05, 4.69) is 15.5 Å². The quantitative estimate of drug-likeness (QED) is 0.129. The number of oxime groups is 1. The van der Waals surface area contributed by atoms with Gasteiger partial charge in [0, 0.05) is 35.4 Å². The van der Waals surface area contributed by atoms with E-state index >= 15 is 0 Å². The highest BCUT2D eigenvalue weighted by Crippen LogP contribution is 2.41. The van der Waals surface area contributed by atoms with Gasteiger partial charge in [-0.3, -0.25) is 19.3 Å². The van der Waals surface area contributed by atoms with Crippen molar-refractivity contribution in [2.45, 2.75) is 49.6 Å². The van der Waals surface area contributed by atoms with E-state index in [0.717, 1.165) is 42.7 Å². The van der Waals surface area contributed by atoms with Crippen LogP contribution < -0.4 is 20.5 Å². The fraction of sp³-hybridized carbons (Fsp3) is 0.393. The van der Waals surface area contributed by atoms with Crippen LogP contribution in [0.4, 0.5) is 10.8 Å². The topological polar surface area (TPSA) is 171 Å². The molecule has 0 unspecified atom stereocenters. The van der Waals surface area contributed by atoms with Crippen molar-refractivity contribution >= 4 is 63.3 Å². The first kappa shape index (κ1) is 28.9. The molecule has 224 valence electrons. The monoisotopic (exact) mass is 624 g/mol. The zero-order valence-electron chi connectivity index (χ0n) is 23.3. The molecule has 3 fully saturated rings. The van der Waals surface area contributed by atoms with E-state index < -0.39 is 29.2 Å². The second kappa shape index (κ2) is 11.8. The molecule has 4 N–H and O–H groups in total. The van der Waals surface area contributed by atoms with Gasteiger partial charge in [0.25, 0.3) is 17.7 Å². The van der Waals surface area contributed by atoms with Gasteiger partial charge in [0.2, 0.25) is 0 Å². The molecule has 2 aromatic rings. The Balaban J connectivity index is 1.19. The highest BCUT2D eigenvalue weighted by molar-refractivity contribution is 8.00. The lowest BCUT2D eigenvalue weighted by Gasteiger charge is -2.49. The van der Waals surface area contributed by atoms with Crippen molar-refractivity contribution in [2.75, 3.05) is 22.9 Å². The number of rotatable bonds is 8. The zero-order valence-corrected chi connectivity index (χ0v) is 24.9. The molecule has 2 aromatic heterocycles. The number of carboxylic acids is 1. The number of β-lactam (4-membered cyclic amide) rings is 1. The Morgan fingerprint density at radius 1 is 1.26 bits per heavy atom. The number of aryl methyl sites for hydroxylation is 1. The number of aromatic nitrogens is 2. The fourth-order valence-corrected chi connectivity index (χ4v) is 7.42. The molecule has 3 aliphatic heterocycles. The molecule has 15 heteroatoms. The first-order valence-electron chi connectivity index (χ1n) is 13.9. The van der Waals surface area contributed by atoms with Crippen LogP contribution in [0, 0.1) is 0 Å². The fourth-order valence-electron chi connectivity index (χ4n) is 5.56. The lowest BCUT2D eigenvalue weighted by Crippen LogP contribution is -2.71. The Labute approximate surface area is 255 Å². The number of nitrogen functional groups attached to an aromatic ring is 1. The number of carbonyl (C=O) groups excluding carboxylic acids is 3. The first-order valence-corrected chi connectivity index (χ1v) is 15.8. The van der Waals surface area contributed by atoms with Gasteiger partial charge in [-0.2, -0.15) is 0 Å². The van der Waals surface area contributed by atoms with Crippen LogP contribution in [-0.4, -0.2) is 74.2 Å². The van der Waals surface area contributed by atoms with Crippen LogP contribution in [0.2, 0.25) is 0 Å². The average Bonchev–Trinajstić information content (AvgIpc) is 3.75. The van der Waals surface area contributed by atoms with Crippen LogP contribution in [0.25, 0.3) is 0 Å². The number of carboxylic acid groups (broad SMARTS) is 1. The van der Waals surface area contributed by atoms with E-state index in [-0.39, 0.29) is 40.0 Å². The van der Waals surface area contributed by atoms with Crippen LogP contribution >= 0.6 is 23.1 Å². The molecule has 1 saturated carbocycles. The summed E-state index contributed by atoms with van der Waals surface area (Å²) >= 11 is 2.46. The van der Waals surface area contributed by atoms with E-state index in [1.807, 2.05) is 36.1 Å². The number of aliphatic carboxylic acids is 1. The molecule has 2 saturated heterocycles. The van der Waals surface area contributed by atoms with Crippen molar-refractivity contribution in [3.63, 3.8) is 0 Å². The van der Waals surface area contributed by atoms with Crippen molar-refractivity contribution < 1.29 is 33.7 Å². The van der Waals surface area contributed by atoms with E-state index in [4.69, 9.17) is 10.6 Å². The number of nitrogens with one attached hydrogen (secondary N) is 1. The number of hydrogen-bond donors (Lipinski definition) is 3. The van der Waals surface area contributed by atoms with E-state index in [9.17, 15) is 24.3 Å². The normalized spacial score (nSPS) is 23.6. The summed E-state index contributed by atoms with van der Waals surface area (Å²) in [5.41, 5.74) is 7.34. The largest absolute Gasteiger partial charge is 0.477 e. The molecular formula is C28H30N7O6S2+. The number of amides is 3. The summed E-state index contributed by atoms with van der Waals surface area (Å²) in [6.45, 7) is 0.472. The number of thioether (sulfide) groups is 1. The van der Waals surface area contributed by atoms with Crippen LogP contribution in [0.1, 0.15) is 37.8 Å². The van der Waals surface area contributed by atoms with Crippen molar-refractivity contribution in [3.05, 3.63) is 58.5 Å². The maximum Gasteiger partial charge on any atom is 0.352 e. The summed E-state index contributed by atoms with van der Waals surface area (Å²) in [6.07, 6.45) is 9.36. The predicted molar refractivity (Wildman–Crippen MR) is 159 cm³/mol. The van der Waals surface area contributed by atoms with Crippen LogP contribution in [0.15, 0.2) is 58.0 Å². The van der Waals surface area contributed by atoms with Crippen molar-refractivity contribution in [3.8, 4) is 0 Å². The molecule has 2 atom stereocenters. The minimum Gasteiger partial charge on any atom is -0.477 e. The Morgan fingerprint density at radius 3 is 2.67 bits per heavy atom. The molecule has 3 amide bonds. The molecule has 0 aromatic carbocycles. The lowest BCUT2D eigenvalue weighted by molar-refractivity contribution is -0.671. The zero-order chi connectivity index (χ0) is 30.2. The Bertz CT molecular complexity index is 1580. The highest BCUT2D eigenvalue weighted by atomic mass is 32.2. The number of fused-ring (bicyclic) bond motifs is 1. The molecule has 13 nitrogen and oxygen atoms in total. The smallest absolute Gasteiger partial charge is 0.352 e. The number of pyridine rings is 1. The van der Waals surface area contributed by atoms with Gasteiger partial charge in [0.15, 0.2) is 23.2 Å². The summed E-state index contributed by atoms with van der Waals surface area (Å²) < 4.78 is 1.87. The molecule has 43 heavy (non-hydrogen) atoms. The summed E-state index contributed by atoms with van der Waals surface area (Å²) in [7, 11) is 1.89. The number of nitrogens with zero attached hydrogens (tertiary/aromatic N) is 5. The van der Waals surface area contributed by atoms with Crippen LogP contribution in [-0.2, 0) is 31.1 Å². The van der Waals surface area contributed by atoms with E-state index in [1.165, 1.54) is 16.7 Å². The number of anilines is 2. The number of allylic oxidation sites excluding steroid dienone is 1. The molecular weight excluding hydrogens is 594 g/mol. The SMILES string of the molecule is C[n+]1ccc(N2CCC(=CC3=C(C(=O)O)N4C(=O)[C@@H](NC(=O)C(=NOC5CCCC5)c5csc(N)n5)[C@H]4SC3)C2=O)cc1. The Morgan fingerprint density at radius 2 is 2.00 bits per heavy atom. The van der Waals surface area contributed by atoms with Gasteiger partial charge >= 0.3 is 5.97 Å². The van der Waals surface area contributed by atoms with Crippen molar-refractivity contribution in [1.29, 1.82) is 0 Å². The summed E-state index contributed by atoms with van der Waals surface area (Å²) in [4.78, 5) is 64.8. The maximum atomic E-state index is 13.3. The Hall–Kier alpha value is -4.24. The van der Waals surface area contributed by atoms with E-state index in [1.54, 1.807) is 16.4 Å². The standard InChI is InChI=1S/C28H29N7O6S2/c1-33-9-7-17(8-10-33)34-11-6-15(24(34)37)12-16-13-42-26-21(25(38)35(26)22(16)27(39)40)31-23(36)20(19-14-43-28(29)30-19)32-41-18-4-2-3-5-18/h7-10,12,14,18,21,26H,2-6,11,13H2,1H3,(H3-,29,30,31,36,39,40)/p+1/t21-,26-/m1/s1. The molecule has 0 bridgehead atoms. The average molecular weight is 625 g/mol. The van der Waals surface area contributed by atoms with Gasteiger partial charge < -0.3 is 25.9 Å². The lowest BCUT2D eigenvalue weighted by atomic mass is 10.0. The third-order valence-corrected chi connectivity index (χ3v) is 9.78. The van der Waals surface area contributed by atoms with E-state index in [0.29, 0.717) is 24.1 Å². The van der Waals surface area contributed by atoms with Gasteiger partial charge in [-0.1, -0.05) is 5.16 Å². The van der Waals surface area contributed by atoms with Crippen molar-refractivity contribution in [2.24, 2.45) is 12.2 Å². The second-order valence-electron chi connectivity index (χ2n) is 10.7. The molecule has 0 spiro atoms.